The summed E-state index contributed by atoms with van der Waals surface area (Å²) in [4.78, 5) is 32.5. The van der Waals surface area contributed by atoms with Crippen LogP contribution in [0.1, 0.15) is 26.3 Å². The fraction of sp³-hybridized carbons (Fsp3) is 0.0500. The molecule has 1 aromatic heterocycles. The quantitative estimate of drug-likeness (QED) is 0.755. The van der Waals surface area contributed by atoms with Crippen molar-refractivity contribution in [2.45, 2.75) is 6.92 Å². The Balaban J connectivity index is 0.000000187. The van der Waals surface area contributed by atoms with E-state index in [0.29, 0.717) is 5.56 Å². The Morgan fingerprint density at radius 1 is 0.808 bits per heavy atom. The molecule has 2 aromatic carbocycles. The summed E-state index contributed by atoms with van der Waals surface area (Å²) in [5, 5.41) is 17.2. The van der Waals surface area contributed by atoms with Crippen LogP contribution in [0.15, 0.2) is 77.7 Å². The lowest BCUT2D eigenvalue weighted by Crippen LogP contribution is -2.15. The Morgan fingerprint density at radius 2 is 1.35 bits per heavy atom. The van der Waals surface area contributed by atoms with E-state index in [0.717, 1.165) is 11.8 Å². The third-order valence-electron chi connectivity index (χ3n) is 3.43. The van der Waals surface area contributed by atoms with Crippen molar-refractivity contribution in [1.29, 1.82) is 0 Å². The first-order chi connectivity index (χ1) is 12.4. The van der Waals surface area contributed by atoms with Crippen molar-refractivity contribution in [1.82, 2.24) is 4.57 Å². The highest BCUT2D eigenvalue weighted by Crippen LogP contribution is 2.09. The number of hydrogen-bond acceptors (Lipinski definition) is 3. The predicted molar refractivity (Wildman–Crippen MR) is 97.1 cm³/mol. The standard InChI is InChI=1S/C11H9NO.C9H8O4/c13-11-8-4-5-9-12(11)10-6-2-1-3-7-10;1-5-2-6(8(10)11)4-7(3-5)9(12)13/h1-9H;2-4H,1H3,(H,10,11)(H,12,13). The molecule has 0 aliphatic rings. The fourth-order valence-electron chi connectivity index (χ4n) is 2.26. The van der Waals surface area contributed by atoms with Gasteiger partial charge in [0, 0.05) is 18.0 Å². The van der Waals surface area contributed by atoms with E-state index in [2.05, 4.69) is 0 Å². The summed E-state index contributed by atoms with van der Waals surface area (Å²) >= 11 is 0. The normalized spacial score (nSPS) is 9.73. The lowest BCUT2D eigenvalue weighted by molar-refractivity contribution is 0.0696. The minimum Gasteiger partial charge on any atom is -0.478 e. The average molecular weight is 351 g/mol. The van der Waals surface area contributed by atoms with Gasteiger partial charge < -0.3 is 10.2 Å². The molecule has 0 amide bonds. The molecule has 6 heteroatoms. The van der Waals surface area contributed by atoms with E-state index >= 15 is 0 Å². The smallest absolute Gasteiger partial charge is 0.335 e. The lowest BCUT2D eigenvalue weighted by Gasteiger charge is -2.02. The van der Waals surface area contributed by atoms with Crippen LogP contribution in [0, 0.1) is 6.92 Å². The number of carboxylic acids is 2. The van der Waals surface area contributed by atoms with Crippen LogP contribution >= 0.6 is 0 Å². The maximum Gasteiger partial charge on any atom is 0.335 e. The molecular formula is C20H17NO5. The number of hydrogen-bond donors (Lipinski definition) is 2. The fourth-order valence-corrected chi connectivity index (χ4v) is 2.26. The minimum absolute atomic E-state index is 0.00241. The van der Waals surface area contributed by atoms with Gasteiger partial charge in [0.15, 0.2) is 0 Å². The molecule has 0 saturated carbocycles. The number of carbonyl (C=O) groups is 2. The molecule has 0 unspecified atom stereocenters. The number of aryl methyl sites for hydroxylation is 1. The number of nitrogens with zero attached hydrogens (tertiary/aromatic N) is 1. The zero-order chi connectivity index (χ0) is 19.1. The van der Waals surface area contributed by atoms with Crippen LogP contribution < -0.4 is 5.56 Å². The Hall–Kier alpha value is -3.67. The second-order valence-electron chi connectivity index (χ2n) is 5.44. The van der Waals surface area contributed by atoms with E-state index in [1.54, 1.807) is 29.8 Å². The molecule has 0 bridgehead atoms. The van der Waals surface area contributed by atoms with Crippen LogP contribution in [-0.2, 0) is 0 Å². The highest BCUT2D eigenvalue weighted by atomic mass is 16.4. The highest BCUT2D eigenvalue weighted by Gasteiger charge is 2.09. The zero-order valence-electron chi connectivity index (χ0n) is 14.0. The first kappa shape index (κ1) is 18.7. The van der Waals surface area contributed by atoms with Crippen molar-refractivity contribution in [2.75, 3.05) is 0 Å². The number of para-hydroxylation sites is 1. The van der Waals surface area contributed by atoms with E-state index < -0.39 is 11.9 Å². The van der Waals surface area contributed by atoms with Gasteiger partial charge in [-0.05, 0) is 48.9 Å². The van der Waals surface area contributed by atoms with Gasteiger partial charge in [0.05, 0.1) is 11.1 Å². The summed E-state index contributed by atoms with van der Waals surface area (Å²) in [5.74, 6) is -2.24. The van der Waals surface area contributed by atoms with E-state index in [1.165, 1.54) is 12.1 Å². The van der Waals surface area contributed by atoms with Gasteiger partial charge in [0.25, 0.3) is 5.56 Å². The monoisotopic (exact) mass is 351 g/mol. The Morgan fingerprint density at radius 3 is 1.85 bits per heavy atom. The van der Waals surface area contributed by atoms with Crippen LogP contribution in [0.25, 0.3) is 5.69 Å². The summed E-state index contributed by atoms with van der Waals surface area (Å²) in [6.45, 7) is 1.65. The van der Waals surface area contributed by atoms with Crippen molar-refractivity contribution in [3.05, 3.63) is 100.0 Å². The van der Waals surface area contributed by atoms with Gasteiger partial charge in [0.1, 0.15) is 0 Å². The van der Waals surface area contributed by atoms with E-state index in [9.17, 15) is 14.4 Å². The molecule has 6 nitrogen and oxygen atoms in total. The molecule has 0 fully saturated rings. The van der Waals surface area contributed by atoms with Crippen LogP contribution in [0.5, 0.6) is 0 Å². The molecule has 26 heavy (non-hydrogen) atoms. The summed E-state index contributed by atoms with van der Waals surface area (Å²) in [6, 6.07) is 18.7. The van der Waals surface area contributed by atoms with Gasteiger partial charge in [-0.25, -0.2) is 9.59 Å². The van der Waals surface area contributed by atoms with Gasteiger partial charge >= 0.3 is 11.9 Å². The Bertz CT molecular complexity index is 944. The van der Waals surface area contributed by atoms with E-state index in [4.69, 9.17) is 10.2 Å². The summed E-state index contributed by atoms with van der Waals surface area (Å²) in [5.41, 5.74) is 1.51. The van der Waals surface area contributed by atoms with Crippen LogP contribution in [0.4, 0.5) is 0 Å². The number of benzene rings is 2. The molecule has 132 valence electrons. The Kier molecular flexibility index (Phi) is 6.06. The zero-order valence-corrected chi connectivity index (χ0v) is 14.0. The summed E-state index contributed by atoms with van der Waals surface area (Å²) in [6.07, 6.45) is 1.76. The topological polar surface area (TPSA) is 96.6 Å². The molecular weight excluding hydrogens is 334 g/mol. The van der Waals surface area contributed by atoms with Crippen LogP contribution in [0.3, 0.4) is 0 Å². The minimum atomic E-state index is -1.12. The highest BCUT2D eigenvalue weighted by molar-refractivity contribution is 5.94. The lowest BCUT2D eigenvalue weighted by atomic mass is 10.1. The van der Waals surface area contributed by atoms with Crippen molar-refractivity contribution in [3.8, 4) is 5.69 Å². The van der Waals surface area contributed by atoms with Crippen LogP contribution in [0.2, 0.25) is 0 Å². The van der Waals surface area contributed by atoms with Gasteiger partial charge in [-0.15, -0.1) is 0 Å². The number of pyridine rings is 1. The van der Waals surface area contributed by atoms with Gasteiger partial charge in [-0.3, -0.25) is 9.36 Å². The molecule has 0 spiro atoms. The first-order valence-electron chi connectivity index (χ1n) is 7.70. The molecule has 0 saturated heterocycles. The number of aromatic nitrogens is 1. The average Bonchev–Trinajstić information content (AvgIpc) is 2.63. The maximum atomic E-state index is 11.4. The number of rotatable bonds is 3. The number of carboxylic acid groups (broad SMARTS) is 2. The first-order valence-corrected chi connectivity index (χ1v) is 7.70. The van der Waals surface area contributed by atoms with Crippen molar-refractivity contribution in [2.24, 2.45) is 0 Å². The third kappa shape index (κ3) is 4.91. The second-order valence-corrected chi connectivity index (χ2v) is 5.44. The molecule has 2 N–H and O–H groups in total. The Labute approximate surface area is 149 Å². The van der Waals surface area contributed by atoms with Gasteiger partial charge in [-0.1, -0.05) is 24.3 Å². The summed E-state index contributed by atoms with van der Waals surface area (Å²) < 4.78 is 1.61. The third-order valence-corrected chi connectivity index (χ3v) is 3.43. The van der Waals surface area contributed by atoms with Gasteiger partial charge in [-0.2, -0.15) is 0 Å². The van der Waals surface area contributed by atoms with Crippen molar-refractivity contribution in [3.63, 3.8) is 0 Å². The van der Waals surface area contributed by atoms with E-state index in [-0.39, 0.29) is 16.7 Å². The van der Waals surface area contributed by atoms with Crippen molar-refractivity contribution < 1.29 is 19.8 Å². The SMILES string of the molecule is Cc1cc(C(=O)O)cc(C(=O)O)c1.O=c1ccccn1-c1ccccc1. The molecule has 0 atom stereocenters. The molecule has 3 rings (SSSR count). The maximum absolute atomic E-state index is 11.4. The van der Waals surface area contributed by atoms with E-state index in [1.807, 2.05) is 36.4 Å². The molecule has 0 aliphatic heterocycles. The number of aromatic carboxylic acids is 2. The second kappa shape index (κ2) is 8.43. The molecule has 3 aromatic rings. The summed E-state index contributed by atoms with van der Waals surface area (Å²) in [7, 11) is 0. The van der Waals surface area contributed by atoms with Crippen molar-refractivity contribution >= 4 is 11.9 Å². The molecule has 1 heterocycles. The largest absolute Gasteiger partial charge is 0.478 e. The predicted octanol–water partition coefficient (Wildman–Crippen LogP) is 3.23. The molecule has 0 radical (unpaired) electrons. The van der Waals surface area contributed by atoms with Crippen LogP contribution in [-0.4, -0.2) is 26.7 Å². The van der Waals surface area contributed by atoms with Gasteiger partial charge in [0.2, 0.25) is 0 Å². The molecule has 0 aliphatic carbocycles.